The lowest BCUT2D eigenvalue weighted by Crippen LogP contribution is -2.30. The van der Waals surface area contributed by atoms with E-state index in [-0.39, 0.29) is 12.1 Å². The molecule has 3 nitrogen and oxygen atoms in total. The summed E-state index contributed by atoms with van der Waals surface area (Å²) in [5, 5.41) is 0. The van der Waals surface area contributed by atoms with Gasteiger partial charge in [0.25, 0.3) is 0 Å². The fourth-order valence-corrected chi connectivity index (χ4v) is 5.91. The molecule has 1 saturated heterocycles. The zero-order valence-electron chi connectivity index (χ0n) is 19.3. The lowest BCUT2D eigenvalue weighted by molar-refractivity contribution is 0.0109. The highest BCUT2D eigenvalue weighted by atomic mass is 16.6. The quantitative estimate of drug-likeness (QED) is 0.365. The second-order valence-corrected chi connectivity index (χ2v) is 10.4. The maximum Gasteiger partial charge on any atom is 0.338 e. The Labute approximate surface area is 192 Å². The van der Waals surface area contributed by atoms with Gasteiger partial charge in [-0.3, -0.25) is 0 Å². The van der Waals surface area contributed by atoms with Crippen molar-refractivity contribution in [3.05, 3.63) is 59.7 Å². The van der Waals surface area contributed by atoms with Gasteiger partial charge < -0.3 is 9.47 Å². The average Bonchev–Trinajstić information content (AvgIpc) is 3.65. The number of benzene rings is 2. The van der Waals surface area contributed by atoms with E-state index in [1.165, 1.54) is 56.1 Å². The summed E-state index contributed by atoms with van der Waals surface area (Å²) in [5.41, 5.74) is 4.20. The van der Waals surface area contributed by atoms with Crippen molar-refractivity contribution in [2.24, 2.45) is 17.8 Å². The van der Waals surface area contributed by atoms with E-state index >= 15 is 0 Å². The summed E-state index contributed by atoms with van der Waals surface area (Å²) in [4.78, 5) is 12.7. The third-order valence-electron chi connectivity index (χ3n) is 8.05. The maximum absolute atomic E-state index is 12.7. The Morgan fingerprint density at radius 3 is 1.91 bits per heavy atom. The summed E-state index contributed by atoms with van der Waals surface area (Å²) in [7, 11) is 0. The molecule has 0 amide bonds. The molecule has 32 heavy (non-hydrogen) atoms. The highest BCUT2D eigenvalue weighted by Gasteiger charge is 2.34. The summed E-state index contributed by atoms with van der Waals surface area (Å²) in [6.45, 7) is 3.09. The van der Waals surface area contributed by atoms with Gasteiger partial charge in [-0.1, -0.05) is 54.8 Å². The topological polar surface area (TPSA) is 38.8 Å². The van der Waals surface area contributed by atoms with Crippen LogP contribution in [0.5, 0.6) is 0 Å². The van der Waals surface area contributed by atoms with Crippen molar-refractivity contribution in [3.8, 4) is 11.1 Å². The minimum Gasteiger partial charge on any atom is -0.459 e. The summed E-state index contributed by atoms with van der Waals surface area (Å²) >= 11 is 0. The van der Waals surface area contributed by atoms with Gasteiger partial charge in [-0.2, -0.15) is 0 Å². The van der Waals surface area contributed by atoms with Crippen molar-refractivity contribution in [1.82, 2.24) is 0 Å². The van der Waals surface area contributed by atoms with Gasteiger partial charge in [-0.25, -0.2) is 4.79 Å². The van der Waals surface area contributed by atoms with E-state index in [0.29, 0.717) is 11.7 Å². The first-order valence-corrected chi connectivity index (χ1v) is 12.6. The molecule has 3 aliphatic rings. The molecule has 170 valence electrons. The molecular weight excluding hydrogens is 396 g/mol. The first kappa shape index (κ1) is 21.7. The molecule has 0 radical (unpaired) electrons. The zero-order chi connectivity index (χ0) is 21.9. The van der Waals surface area contributed by atoms with Gasteiger partial charge in [0, 0.05) is 0 Å². The lowest BCUT2D eigenvalue weighted by Gasteiger charge is -2.37. The van der Waals surface area contributed by atoms with Crippen LogP contribution in [0.4, 0.5) is 0 Å². The van der Waals surface area contributed by atoms with Gasteiger partial charge >= 0.3 is 5.97 Å². The van der Waals surface area contributed by atoms with E-state index in [1.54, 1.807) is 0 Å². The molecule has 0 aromatic heterocycles. The van der Waals surface area contributed by atoms with Crippen LogP contribution in [0.3, 0.4) is 0 Å². The number of rotatable bonds is 6. The Kier molecular flexibility index (Phi) is 6.64. The van der Waals surface area contributed by atoms with Crippen LogP contribution in [0.1, 0.15) is 73.7 Å². The van der Waals surface area contributed by atoms with E-state index < -0.39 is 0 Å². The number of carbonyl (C=O) groups is 1. The number of epoxide rings is 1. The standard InChI is InChI=1S/C29H36O3/c1-20-2-6-22(7-3-20)24-10-12-26(13-11-24)29(30)32-27-16-14-25(15-17-27)23-8-4-21(5-9-23)18-28-19-31-28/h2-3,6-7,10-13,21,23,25,27-28H,4-5,8-9,14-19H2,1H3. The molecule has 2 aromatic carbocycles. The van der Waals surface area contributed by atoms with Crippen molar-refractivity contribution >= 4 is 5.97 Å². The molecule has 1 atom stereocenters. The minimum absolute atomic E-state index is 0.0823. The molecule has 2 aliphatic carbocycles. The second kappa shape index (κ2) is 9.79. The zero-order valence-corrected chi connectivity index (χ0v) is 19.3. The Morgan fingerprint density at radius 1 is 0.812 bits per heavy atom. The van der Waals surface area contributed by atoms with Crippen LogP contribution in [0.25, 0.3) is 11.1 Å². The Hall–Kier alpha value is -2.13. The summed E-state index contributed by atoms with van der Waals surface area (Å²) in [6.07, 6.45) is 12.0. The van der Waals surface area contributed by atoms with E-state index in [1.807, 2.05) is 24.3 Å². The fraction of sp³-hybridized carbons (Fsp3) is 0.552. The van der Waals surface area contributed by atoms with Gasteiger partial charge in [0.15, 0.2) is 0 Å². The molecule has 0 bridgehead atoms. The molecule has 5 rings (SSSR count). The summed E-state index contributed by atoms with van der Waals surface area (Å²) in [6, 6.07) is 16.3. The van der Waals surface area contributed by atoms with Crippen LogP contribution < -0.4 is 0 Å². The second-order valence-electron chi connectivity index (χ2n) is 10.4. The van der Waals surface area contributed by atoms with E-state index in [9.17, 15) is 4.79 Å². The van der Waals surface area contributed by atoms with Crippen LogP contribution in [0.15, 0.2) is 48.5 Å². The summed E-state index contributed by atoms with van der Waals surface area (Å²) in [5.74, 6) is 2.44. The number of esters is 1. The van der Waals surface area contributed by atoms with Crippen LogP contribution in [-0.4, -0.2) is 24.8 Å². The number of carbonyl (C=O) groups excluding carboxylic acids is 1. The molecule has 2 aromatic rings. The molecule has 2 saturated carbocycles. The number of hydrogen-bond acceptors (Lipinski definition) is 3. The summed E-state index contributed by atoms with van der Waals surface area (Å²) < 4.78 is 11.3. The third kappa shape index (κ3) is 5.43. The molecule has 0 spiro atoms. The Bertz CT molecular complexity index is 881. The van der Waals surface area contributed by atoms with Crippen molar-refractivity contribution in [2.75, 3.05) is 6.61 Å². The normalized spacial score (nSPS) is 30.0. The fourth-order valence-electron chi connectivity index (χ4n) is 5.91. The van der Waals surface area contributed by atoms with Gasteiger partial charge in [0.1, 0.15) is 6.10 Å². The SMILES string of the molecule is Cc1ccc(-c2ccc(C(=O)OC3CCC(C4CCC(CC5CO5)CC4)CC3)cc2)cc1. The molecular formula is C29H36O3. The van der Waals surface area contributed by atoms with Gasteiger partial charge in [0.05, 0.1) is 18.3 Å². The van der Waals surface area contributed by atoms with E-state index in [2.05, 4.69) is 31.2 Å². The van der Waals surface area contributed by atoms with Crippen LogP contribution in [0, 0.1) is 24.7 Å². The predicted octanol–water partition coefficient (Wildman–Crippen LogP) is 6.97. The van der Waals surface area contributed by atoms with Crippen LogP contribution >= 0.6 is 0 Å². The molecule has 3 fully saturated rings. The highest BCUT2D eigenvalue weighted by Crippen LogP contribution is 2.42. The lowest BCUT2D eigenvalue weighted by atomic mass is 9.70. The van der Waals surface area contributed by atoms with E-state index in [4.69, 9.17) is 9.47 Å². The smallest absolute Gasteiger partial charge is 0.338 e. The predicted molar refractivity (Wildman–Crippen MR) is 128 cm³/mol. The highest BCUT2D eigenvalue weighted by molar-refractivity contribution is 5.90. The largest absolute Gasteiger partial charge is 0.459 e. The van der Waals surface area contributed by atoms with Crippen LogP contribution in [0.2, 0.25) is 0 Å². The molecule has 3 heteroatoms. The number of ether oxygens (including phenoxy) is 2. The third-order valence-corrected chi connectivity index (χ3v) is 8.05. The average molecular weight is 433 g/mol. The molecule has 1 heterocycles. The van der Waals surface area contributed by atoms with Gasteiger partial charge in [-0.15, -0.1) is 0 Å². The maximum atomic E-state index is 12.7. The first-order valence-electron chi connectivity index (χ1n) is 12.6. The van der Waals surface area contributed by atoms with Gasteiger partial charge in [0.2, 0.25) is 0 Å². The van der Waals surface area contributed by atoms with Crippen molar-refractivity contribution in [2.45, 2.75) is 76.9 Å². The Balaban J connectivity index is 1.07. The minimum atomic E-state index is -0.174. The van der Waals surface area contributed by atoms with Crippen molar-refractivity contribution < 1.29 is 14.3 Å². The van der Waals surface area contributed by atoms with Crippen molar-refractivity contribution in [3.63, 3.8) is 0 Å². The molecule has 0 N–H and O–H groups in total. The number of hydrogen-bond donors (Lipinski definition) is 0. The van der Waals surface area contributed by atoms with Crippen LogP contribution in [-0.2, 0) is 9.47 Å². The van der Waals surface area contributed by atoms with Gasteiger partial charge in [-0.05, 0) is 92.9 Å². The monoisotopic (exact) mass is 432 g/mol. The number of aryl methyl sites for hydroxylation is 1. The molecule has 1 aliphatic heterocycles. The van der Waals surface area contributed by atoms with E-state index in [0.717, 1.165) is 42.8 Å². The molecule has 1 unspecified atom stereocenters. The Morgan fingerprint density at radius 2 is 1.34 bits per heavy atom. The van der Waals surface area contributed by atoms with Crippen molar-refractivity contribution in [1.29, 1.82) is 0 Å². The first-order chi connectivity index (χ1) is 15.6.